The zero-order chi connectivity index (χ0) is 13.5. The first-order valence-corrected chi connectivity index (χ1v) is 7.24. The van der Waals surface area contributed by atoms with Crippen LogP contribution in [0, 0.1) is 6.92 Å². The van der Waals surface area contributed by atoms with E-state index in [1.165, 1.54) is 19.3 Å². The average molecular weight is 259 g/mol. The Kier molecular flexibility index (Phi) is 5.25. The lowest BCUT2D eigenvalue weighted by Crippen LogP contribution is -2.39. The van der Waals surface area contributed by atoms with Gasteiger partial charge >= 0.3 is 6.03 Å². The number of hydrogen-bond acceptors (Lipinski definition) is 1. The summed E-state index contributed by atoms with van der Waals surface area (Å²) in [6.45, 7) is 3.87. The monoisotopic (exact) mass is 259 g/mol. The van der Waals surface area contributed by atoms with Gasteiger partial charge in [0.1, 0.15) is 0 Å². The number of amides is 2. The van der Waals surface area contributed by atoms with Crippen molar-refractivity contribution in [1.29, 1.82) is 0 Å². The highest BCUT2D eigenvalue weighted by Gasteiger charge is 2.15. The van der Waals surface area contributed by atoms with Crippen LogP contribution in [0.5, 0.6) is 0 Å². The van der Waals surface area contributed by atoms with Gasteiger partial charge in [0.25, 0.3) is 0 Å². The highest BCUT2D eigenvalue weighted by molar-refractivity contribution is 5.90. The summed E-state index contributed by atoms with van der Waals surface area (Å²) in [6.07, 6.45) is 7.68. The third kappa shape index (κ3) is 4.27. The second kappa shape index (κ2) is 7.17. The van der Waals surface area contributed by atoms with E-state index in [9.17, 15) is 4.79 Å². The first-order valence-electron chi connectivity index (χ1n) is 7.24. The molecule has 0 atom stereocenters. The Balaban J connectivity index is 1.90. The molecule has 1 radical (unpaired) electrons. The fourth-order valence-electron chi connectivity index (χ4n) is 2.64. The molecule has 0 aromatic heterocycles. The number of carbonyl (C=O) groups excluding carboxylic acids is 1. The van der Waals surface area contributed by atoms with Crippen LogP contribution in [0.4, 0.5) is 10.5 Å². The Morgan fingerprint density at radius 1 is 1.21 bits per heavy atom. The maximum absolute atomic E-state index is 12.0. The quantitative estimate of drug-likeness (QED) is 0.845. The molecule has 1 fully saturated rings. The number of para-hydroxylation sites is 1. The van der Waals surface area contributed by atoms with Crippen molar-refractivity contribution in [3.05, 3.63) is 36.8 Å². The van der Waals surface area contributed by atoms with E-state index in [1.54, 1.807) is 0 Å². The van der Waals surface area contributed by atoms with Crippen molar-refractivity contribution in [1.82, 2.24) is 5.32 Å². The minimum Gasteiger partial charge on any atom is -0.335 e. The molecule has 19 heavy (non-hydrogen) atoms. The smallest absolute Gasteiger partial charge is 0.319 e. The number of aryl methyl sites for hydroxylation is 1. The second-order valence-corrected chi connectivity index (χ2v) is 5.19. The number of anilines is 1. The summed E-state index contributed by atoms with van der Waals surface area (Å²) in [5.41, 5.74) is 2.05. The molecule has 2 rings (SSSR count). The third-order valence-corrected chi connectivity index (χ3v) is 3.65. The highest BCUT2D eigenvalue weighted by Crippen LogP contribution is 2.19. The molecule has 2 amide bonds. The Morgan fingerprint density at radius 3 is 2.68 bits per heavy atom. The van der Waals surface area contributed by atoms with Crippen molar-refractivity contribution in [3.8, 4) is 0 Å². The molecule has 0 saturated heterocycles. The lowest BCUT2D eigenvalue weighted by molar-refractivity contribution is 0.244. The van der Waals surface area contributed by atoms with Gasteiger partial charge in [-0.15, -0.1) is 0 Å². The zero-order valence-corrected chi connectivity index (χ0v) is 11.5. The van der Waals surface area contributed by atoms with Crippen LogP contribution in [0.3, 0.4) is 0 Å². The van der Waals surface area contributed by atoms with E-state index in [0.29, 0.717) is 6.04 Å². The summed E-state index contributed by atoms with van der Waals surface area (Å²) in [4.78, 5) is 12.0. The molecule has 0 spiro atoms. The van der Waals surface area contributed by atoms with Crippen molar-refractivity contribution < 1.29 is 4.79 Å². The van der Waals surface area contributed by atoms with Crippen LogP contribution in [-0.2, 0) is 6.42 Å². The van der Waals surface area contributed by atoms with Crippen molar-refractivity contribution in [2.75, 3.05) is 5.32 Å². The fraction of sp³-hybridized carbons (Fsp3) is 0.500. The van der Waals surface area contributed by atoms with E-state index in [1.807, 2.05) is 24.3 Å². The molecular weight excluding hydrogens is 236 g/mol. The van der Waals surface area contributed by atoms with Crippen LogP contribution >= 0.6 is 0 Å². The lowest BCUT2D eigenvalue weighted by atomic mass is 9.96. The van der Waals surface area contributed by atoms with Gasteiger partial charge in [0.05, 0.1) is 0 Å². The molecule has 3 nitrogen and oxygen atoms in total. The summed E-state index contributed by atoms with van der Waals surface area (Å²) >= 11 is 0. The van der Waals surface area contributed by atoms with Crippen LogP contribution in [-0.4, -0.2) is 12.1 Å². The van der Waals surface area contributed by atoms with Crippen LogP contribution in [0.2, 0.25) is 0 Å². The molecule has 1 saturated carbocycles. The Hall–Kier alpha value is -1.51. The predicted molar refractivity (Wildman–Crippen MR) is 79.1 cm³/mol. The van der Waals surface area contributed by atoms with Gasteiger partial charge < -0.3 is 10.6 Å². The summed E-state index contributed by atoms with van der Waals surface area (Å²) in [6, 6.07) is 8.20. The molecule has 1 aliphatic carbocycles. The standard InChI is InChI=1S/C16H23N2O/c1-2-8-13-9-6-7-12-15(13)18-16(19)17-14-10-4-3-5-11-14/h6-7,9,12,14H,1-5,8,10-11H2,(H2,17,18,19). The molecule has 0 aliphatic heterocycles. The number of rotatable bonds is 4. The van der Waals surface area contributed by atoms with Crippen molar-refractivity contribution >= 4 is 11.7 Å². The Bertz CT molecular complexity index is 411. The summed E-state index contributed by atoms with van der Waals surface area (Å²) in [5.74, 6) is 0. The topological polar surface area (TPSA) is 41.1 Å². The molecular formula is C16H23N2O. The molecule has 0 heterocycles. The van der Waals surface area contributed by atoms with Crippen molar-refractivity contribution in [2.45, 2.75) is 51.0 Å². The molecule has 0 unspecified atom stereocenters. The van der Waals surface area contributed by atoms with Gasteiger partial charge in [0, 0.05) is 11.7 Å². The number of hydrogen-bond donors (Lipinski definition) is 2. The normalized spacial score (nSPS) is 16.1. The predicted octanol–water partition coefficient (Wildman–Crippen LogP) is 3.91. The fourth-order valence-corrected chi connectivity index (χ4v) is 2.64. The van der Waals surface area contributed by atoms with E-state index >= 15 is 0 Å². The van der Waals surface area contributed by atoms with Gasteiger partial charge in [-0.25, -0.2) is 4.79 Å². The van der Waals surface area contributed by atoms with Gasteiger partial charge in [-0.05, 0) is 37.3 Å². The van der Waals surface area contributed by atoms with Gasteiger partial charge in [0.2, 0.25) is 0 Å². The molecule has 1 aromatic carbocycles. The molecule has 2 N–H and O–H groups in total. The first-order chi connectivity index (χ1) is 9.29. The number of carbonyl (C=O) groups is 1. The maximum atomic E-state index is 12.0. The SMILES string of the molecule is [CH2]CCc1ccccc1NC(=O)NC1CCCCC1. The van der Waals surface area contributed by atoms with Crippen LogP contribution < -0.4 is 10.6 Å². The lowest BCUT2D eigenvalue weighted by Gasteiger charge is -2.23. The molecule has 3 heteroatoms. The second-order valence-electron chi connectivity index (χ2n) is 5.19. The van der Waals surface area contributed by atoms with Gasteiger partial charge in [0.15, 0.2) is 0 Å². The van der Waals surface area contributed by atoms with E-state index in [0.717, 1.165) is 36.9 Å². The summed E-state index contributed by atoms with van der Waals surface area (Å²) in [7, 11) is 0. The molecule has 0 bridgehead atoms. The maximum Gasteiger partial charge on any atom is 0.319 e. The molecule has 103 valence electrons. The van der Waals surface area contributed by atoms with E-state index < -0.39 is 0 Å². The number of urea groups is 1. The largest absolute Gasteiger partial charge is 0.335 e. The minimum atomic E-state index is -0.0802. The van der Waals surface area contributed by atoms with E-state index in [-0.39, 0.29) is 6.03 Å². The Morgan fingerprint density at radius 2 is 1.95 bits per heavy atom. The summed E-state index contributed by atoms with van der Waals surface area (Å²) < 4.78 is 0. The third-order valence-electron chi connectivity index (χ3n) is 3.65. The van der Waals surface area contributed by atoms with Gasteiger partial charge in [-0.2, -0.15) is 0 Å². The Labute approximate surface area is 115 Å². The van der Waals surface area contributed by atoms with Crippen LogP contribution in [0.15, 0.2) is 24.3 Å². The van der Waals surface area contributed by atoms with Gasteiger partial charge in [-0.1, -0.05) is 44.4 Å². The minimum absolute atomic E-state index is 0.0802. The van der Waals surface area contributed by atoms with Gasteiger partial charge in [-0.3, -0.25) is 0 Å². The molecule has 1 aliphatic rings. The van der Waals surface area contributed by atoms with Crippen LogP contribution in [0.1, 0.15) is 44.1 Å². The van der Waals surface area contributed by atoms with Crippen molar-refractivity contribution in [2.24, 2.45) is 0 Å². The first kappa shape index (κ1) is 13.9. The van der Waals surface area contributed by atoms with Crippen molar-refractivity contribution in [3.63, 3.8) is 0 Å². The van der Waals surface area contributed by atoms with E-state index in [2.05, 4.69) is 17.6 Å². The number of benzene rings is 1. The van der Waals surface area contributed by atoms with Crippen LogP contribution in [0.25, 0.3) is 0 Å². The zero-order valence-electron chi connectivity index (χ0n) is 11.5. The average Bonchev–Trinajstić information content (AvgIpc) is 2.42. The molecule has 1 aromatic rings. The highest BCUT2D eigenvalue weighted by atomic mass is 16.2. The van der Waals surface area contributed by atoms with E-state index in [4.69, 9.17) is 0 Å². The summed E-state index contributed by atoms with van der Waals surface area (Å²) in [5, 5.41) is 6.04. The number of nitrogens with one attached hydrogen (secondary N) is 2.